The molecule has 19 heteroatoms. The second-order valence-electron chi connectivity index (χ2n) is 10.5. The van der Waals surface area contributed by atoms with E-state index >= 15 is 0 Å². The minimum absolute atomic E-state index is 0.0363. The fourth-order valence-electron chi connectivity index (χ4n) is 4.37. The highest BCUT2D eigenvalue weighted by molar-refractivity contribution is 8.00. The van der Waals surface area contributed by atoms with Gasteiger partial charge in [0.15, 0.2) is 23.7 Å². The first kappa shape index (κ1) is 32.4. The Balaban J connectivity index is 1.51. The molecule has 0 radical (unpaired) electrons. The van der Waals surface area contributed by atoms with Crippen molar-refractivity contribution in [1.29, 1.82) is 0 Å². The van der Waals surface area contributed by atoms with Crippen LogP contribution in [0.4, 0.5) is 15.6 Å². The summed E-state index contributed by atoms with van der Waals surface area (Å²) < 4.78 is 7.36. The number of fused-ring (bicyclic) bond motifs is 1. The SMILES string of the molecule is CCCNC(=O)Nc1cn(CC2=C(C(=O)O)N3C(=O)[C@@H](CC(=O)/C(=N\OC(C)(C)C(=O)O)c4nsc(N)n4)[C@H]3SC2)[n+](C)c1. The number of carbonyl (C=O) groups excluding carboxylic acids is 3. The predicted molar refractivity (Wildman–Crippen MR) is 157 cm³/mol. The number of nitrogen functional groups attached to an aromatic ring is 1. The Bertz CT molecular complexity index is 1560. The Hall–Kier alpha value is -4.52. The van der Waals surface area contributed by atoms with Gasteiger partial charge in [-0.1, -0.05) is 12.1 Å². The number of anilines is 2. The number of amides is 3. The molecule has 3 amide bonds. The number of hydrogen-bond acceptors (Lipinski definition) is 12. The number of β-lactam (4-membered cyclic amide) rings is 1. The van der Waals surface area contributed by atoms with Crippen molar-refractivity contribution < 1.29 is 43.7 Å². The molecule has 2 atom stereocenters. The average molecular weight is 651 g/mol. The third-order valence-electron chi connectivity index (χ3n) is 6.73. The molecule has 2 aliphatic rings. The smallest absolute Gasteiger partial charge is 0.352 e. The van der Waals surface area contributed by atoms with E-state index in [9.17, 15) is 34.2 Å². The number of oxime groups is 1. The number of nitrogens with two attached hydrogens (primary N) is 1. The van der Waals surface area contributed by atoms with Crippen molar-refractivity contribution in [2.24, 2.45) is 18.1 Å². The maximum absolute atomic E-state index is 13.3. The molecule has 1 fully saturated rings. The predicted octanol–water partition coefficient (Wildman–Crippen LogP) is 0.391. The first-order valence-corrected chi connectivity index (χ1v) is 15.2. The summed E-state index contributed by atoms with van der Waals surface area (Å²) in [6.07, 6.45) is 3.74. The van der Waals surface area contributed by atoms with Crippen molar-refractivity contribution in [1.82, 2.24) is 24.3 Å². The number of aryl methyl sites for hydroxylation is 1. The largest absolute Gasteiger partial charge is 0.478 e. The van der Waals surface area contributed by atoms with Crippen LogP contribution in [0.3, 0.4) is 0 Å². The van der Waals surface area contributed by atoms with Gasteiger partial charge in [0.2, 0.25) is 23.5 Å². The quantitative estimate of drug-likeness (QED) is 0.0857. The van der Waals surface area contributed by atoms with Crippen LogP contribution in [-0.4, -0.2) is 87.8 Å². The number of carbonyl (C=O) groups is 5. The summed E-state index contributed by atoms with van der Waals surface area (Å²) in [5.41, 5.74) is 4.28. The van der Waals surface area contributed by atoms with Gasteiger partial charge in [-0.15, -0.1) is 16.4 Å². The van der Waals surface area contributed by atoms with Gasteiger partial charge < -0.3 is 31.4 Å². The number of urea groups is 1. The summed E-state index contributed by atoms with van der Waals surface area (Å²) in [7, 11) is 1.73. The highest BCUT2D eigenvalue weighted by Crippen LogP contribution is 2.45. The van der Waals surface area contributed by atoms with Crippen LogP contribution < -0.4 is 21.0 Å². The lowest BCUT2D eigenvalue weighted by Crippen LogP contribution is -2.62. The average Bonchev–Trinajstić information content (AvgIpc) is 3.54. The summed E-state index contributed by atoms with van der Waals surface area (Å²) >= 11 is 2.11. The molecule has 17 nitrogen and oxygen atoms in total. The van der Waals surface area contributed by atoms with Crippen LogP contribution in [0.1, 0.15) is 39.4 Å². The van der Waals surface area contributed by atoms with Gasteiger partial charge in [-0.3, -0.25) is 14.5 Å². The summed E-state index contributed by atoms with van der Waals surface area (Å²) in [5.74, 6) is -4.67. The molecule has 0 unspecified atom stereocenters. The first-order chi connectivity index (χ1) is 20.7. The summed E-state index contributed by atoms with van der Waals surface area (Å²) in [6, 6.07) is -0.364. The highest BCUT2D eigenvalue weighted by Gasteiger charge is 2.54. The number of rotatable bonds is 13. The molecule has 0 saturated carbocycles. The molecule has 236 valence electrons. The fraction of sp³-hybridized carbons (Fsp3) is 0.480. The van der Waals surface area contributed by atoms with E-state index < -0.39 is 46.2 Å². The van der Waals surface area contributed by atoms with E-state index in [2.05, 4.69) is 25.1 Å². The first-order valence-electron chi connectivity index (χ1n) is 13.4. The molecule has 0 aromatic carbocycles. The molecule has 2 aromatic heterocycles. The van der Waals surface area contributed by atoms with Crippen molar-refractivity contribution >= 4 is 69.5 Å². The number of carboxylic acid groups (broad SMARTS) is 2. The zero-order valence-electron chi connectivity index (χ0n) is 24.3. The van der Waals surface area contributed by atoms with Gasteiger partial charge in [-0.2, -0.15) is 14.0 Å². The summed E-state index contributed by atoms with van der Waals surface area (Å²) in [5, 5.41) is 28.0. The van der Waals surface area contributed by atoms with E-state index in [1.54, 1.807) is 28.8 Å². The Kier molecular flexibility index (Phi) is 9.57. The third kappa shape index (κ3) is 6.83. The van der Waals surface area contributed by atoms with E-state index in [0.29, 0.717) is 17.8 Å². The monoisotopic (exact) mass is 650 g/mol. The highest BCUT2D eigenvalue weighted by atomic mass is 32.2. The molecule has 0 aliphatic carbocycles. The van der Waals surface area contributed by atoms with Gasteiger partial charge in [0.25, 0.3) is 0 Å². The number of thioether (sulfide) groups is 1. The maximum atomic E-state index is 13.3. The zero-order chi connectivity index (χ0) is 32.3. The number of aromatic nitrogens is 4. The topological polar surface area (TPSA) is 235 Å². The van der Waals surface area contributed by atoms with Crippen molar-refractivity contribution in [3.05, 3.63) is 29.5 Å². The minimum atomic E-state index is -1.78. The van der Waals surface area contributed by atoms with Crippen LogP contribution in [0.5, 0.6) is 0 Å². The van der Waals surface area contributed by atoms with Crippen LogP contribution in [0.15, 0.2) is 28.8 Å². The van der Waals surface area contributed by atoms with Gasteiger partial charge in [-0.05, 0) is 25.8 Å². The number of hydrogen-bond donors (Lipinski definition) is 5. The lowest BCUT2D eigenvalue weighted by atomic mass is 9.89. The normalized spacial score (nSPS) is 18.4. The molecule has 1 saturated heterocycles. The van der Waals surface area contributed by atoms with E-state index in [-0.39, 0.29) is 41.4 Å². The number of Topliss-reactive ketones (excluding diaryl/α,β-unsaturated/α-hetero) is 1. The molecular weight excluding hydrogens is 618 g/mol. The molecule has 0 bridgehead atoms. The number of nitrogens with zero attached hydrogens (tertiary/aromatic N) is 6. The van der Waals surface area contributed by atoms with Crippen molar-refractivity contribution in [3.63, 3.8) is 0 Å². The number of nitrogens with one attached hydrogen (secondary N) is 2. The minimum Gasteiger partial charge on any atom is -0.478 e. The molecule has 6 N–H and O–H groups in total. The van der Waals surface area contributed by atoms with Crippen LogP contribution in [0, 0.1) is 5.92 Å². The molecule has 0 spiro atoms. The lowest BCUT2D eigenvalue weighted by molar-refractivity contribution is -0.752. The van der Waals surface area contributed by atoms with E-state index in [0.717, 1.165) is 18.0 Å². The molecule has 2 aromatic rings. The number of carboxylic acids is 2. The Morgan fingerprint density at radius 3 is 2.64 bits per heavy atom. The summed E-state index contributed by atoms with van der Waals surface area (Å²) in [6.45, 7) is 5.06. The van der Waals surface area contributed by atoms with Crippen molar-refractivity contribution in [2.75, 3.05) is 23.3 Å². The zero-order valence-corrected chi connectivity index (χ0v) is 25.9. The fourth-order valence-corrected chi connectivity index (χ4v) is 6.21. The van der Waals surface area contributed by atoms with E-state index in [1.807, 2.05) is 6.92 Å². The second kappa shape index (κ2) is 13.0. The van der Waals surface area contributed by atoms with Crippen LogP contribution in [0.25, 0.3) is 0 Å². The van der Waals surface area contributed by atoms with Crippen LogP contribution in [0.2, 0.25) is 0 Å². The Morgan fingerprint density at radius 2 is 2.02 bits per heavy atom. The standard InChI is InChI=1S/C25H31N9O8S2/c1-5-6-27-24(41)28-13-9-32(4)33(10-13)8-12-11-43-20-14(19(36)34(20)17(12)21(37)38)7-15(35)16(18-29-23(26)44-31-18)30-42-25(2,3)22(39)40/h9-10,14,20H,5-8,11H2,1-4H3,(H5-,26,27,28,29,31,37,38,39,40,41)/p+1/b30-16+/t14-,20-/m1/s1. The van der Waals surface area contributed by atoms with Gasteiger partial charge in [0.1, 0.15) is 17.9 Å². The molecule has 44 heavy (non-hydrogen) atoms. The Labute approximate surface area is 259 Å². The van der Waals surface area contributed by atoms with Gasteiger partial charge in [0.05, 0.1) is 17.5 Å². The number of aliphatic carboxylic acids is 2. The molecule has 4 rings (SSSR count). The third-order valence-corrected chi connectivity index (χ3v) is 8.67. The van der Waals surface area contributed by atoms with E-state index in [4.69, 9.17) is 10.6 Å². The van der Waals surface area contributed by atoms with Crippen molar-refractivity contribution in [2.45, 2.75) is 51.1 Å². The summed E-state index contributed by atoms with van der Waals surface area (Å²) in [4.78, 5) is 72.7. The maximum Gasteiger partial charge on any atom is 0.352 e. The Morgan fingerprint density at radius 1 is 1.30 bits per heavy atom. The number of ketones is 1. The van der Waals surface area contributed by atoms with Crippen molar-refractivity contribution in [3.8, 4) is 0 Å². The van der Waals surface area contributed by atoms with Crippen LogP contribution in [-0.2, 0) is 37.6 Å². The van der Waals surface area contributed by atoms with E-state index in [1.165, 1.54) is 30.5 Å². The van der Waals surface area contributed by atoms with Crippen LogP contribution >= 0.6 is 23.3 Å². The molecule has 4 heterocycles. The van der Waals surface area contributed by atoms with Gasteiger partial charge in [-0.25, -0.2) is 14.4 Å². The second-order valence-corrected chi connectivity index (χ2v) is 12.4. The molecule has 2 aliphatic heterocycles. The van der Waals surface area contributed by atoms with Gasteiger partial charge >= 0.3 is 18.0 Å². The van der Waals surface area contributed by atoms with Gasteiger partial charge in [0, 0.05) is 30.3 Å². The molecular formula is C25H32N9O8S2+. The lowest BCUT2D eigenvalue weighted by Gasteiger charge is -2.49.